The second-order valence-corrected chi connectivity index (χ2v) is 7.37. The minimum absolute atomic E-state index is 0.0276. The molecule has 7 heteroatoms. The van der Waals surface area contributed by atoms with Gasteiger partial charge in [-0.15, -0.1) is 0 Å². The van der Waals surface area contributed by atoms with Crippen molar-refractivity contribution in [3.63, 3.8) is 0 Å². The van der Waals surface area contributed by atoms with Crippen molar-refractivity contribution in [1.82, 2.24) is 4.57 Å². The second-order valence-electron chi connectivity index (χ2n) is 7.37. The molecule has 1 aliphatic rings. The first-order valence-corrected chi connectivity index (χ1v) is 9.74. The van der Waals surface area contributed by atoms with Crippen LogP contribution in [0.15, 0.2) is 47.1 Å². The normalized spacial score (nSPS) is 12.9. The molecular formula is C23H22N2O5. The topological polar surface area (TPSA) is 90.5 Å². The fourth-order valence-electron chi connectivity index (χ4n) is 3.66. The first-order chi connectivity index (χ1) is 14.4. The van der Waals surface area contributed by atoms with Crippen molar-refractivity contribution in [2.24, 2.45) is 0 Å². The standard InChI is InChI=1S/C23H22N2O5/c1-14-10-19(15(2)25(14)12-18-4-3-9-29-18)23(28)30-13-21(26)17-5-7-20-16(11-17)6-8-22(27)24-20/h3-5,7,9-11H,6,8,12-13H2,1-2H3,(H,24,27). The van der Waals surface area contributed by atoms with Crippen LogP contribution in [0.25, 0.3) is 0 Å². The van der Waals surface area contributed by atoms with E-state index in [-0.39, 0.29) is 18.3 Å². The molecule has 0 bridgehead atoms. The van der Waals surface area contributed by atoms with Crippen LogP contribution >= 0.6 is 0 Å². The highest BCUT2D eigenvalue weighted by molar-refractivity contribution is 6.01. The number of rotatable bonds is 6. The quantitative estimate of drug-likeness (QED) is 0.498. The lowest BCUT2D eigenvalue weighted by molar-refractivity contribution is -0.116. The Labute approximate surface area is 173 Å². The maximum Gasteiger partial charge on any atom is 0.340 e. The molecule has 1 aliphatic heterocycles. The molecule has 3 aromatic rings. The Kier molecular flexibility index (Phi) is 5.27. The van der Waals surface area contributed by atoms with Gasteiger partial charge in [0.1, 0.15) is 5.76 Å². The molecule has 0 saturated heterocycles. The molecule has 0 unspecified atom stereocenters. The molecule has 0 spiro atoms. The number of carbonyl (C=O) groups is 3. The number of furan rings is 1. The molecule has 0 fully saturated rings. The van der Waals surface area contributed by atoms with Crippen molar-refractivity contribution >= 4 is 23.3 Å². The highest BCUT2D eigenvalue weighted by Gasteiger charge is 2.20. The van der Waals surface area contributed by atoms with E-state index in [1.54, 1.807) is 30.5 Å². The number of esters is 1. The fourth-order valence-corrected chi connectivity index (χ4v) is 3.66. The monoisotopic (exact) mass is 406 g/mol. The van der Waals surface area contributed by atoms with E-state index in [4.69, 9.17) is 9.15 Å². The molecule has 0 radical (unpaired) electrons. The van der Waals surface area contributed by atoms with Crippen LogP contribution in [0.1, 0.15) is 49.8 Å². The van der Waals surface area contributed by atoms with Crippen LogP contribution in [-0.2, 0) is 22.5 Å². The van der Waals surface area contributed by atoms with E-state index in [2.05, 4.69) is 5.32 Å². The number of amides is 1. The summed E-state index contributed by atoms with van der Waals surface area (Å²) in [7, 11) is 0. The van der Waals surface area contributed by atoms with Gasteiger partial charge in [-0.25, -0.2) is 4.79 Å². The summed E-state index contributed by atoms with van der Waals surface area (Å²) in [4.78, 5) is 36.6. The van der Waals surface area contributed by atoms with Crippen molar-refractivity contribution in [2.45, 2.75) is 33.2 Å². The fraction of sp³-hybridized carbons (Fsp3) is 0.261. The smallest absolute Gasteiger partial charge is 0.340 e. The number of anilines is 1. The number of ketones is 1. The van der Waals surface area contributed by atoms with Gasteiger partial charge in [-0.05, 0) is 62.2 Å². The molecule has 0 atom stereocenters. The molecule has 3 heterocycles. The van der Waals surface area contributed by atoms with Crippen molar-refractivity contribution in [1.29, 1.82) is 0 Å². The minimum atomic E-state index is -0.535. The van der Waals surface area contributed by atoms with Gasteiger partial charge in [0.05, 0.1) is 18.4 Å². The summed E-state index contributed by atoms with van der Waals surface area (Å²) >= 11 is 0. The number of aromatic nitrogens is 1. The summed E-state index contributed by atoms with van der Waals surface area (Å²) in [5, 5.41) is 2.78. The highest BCUT2D eigenvalue weighted by atomic mass is 16.5. The molecule has 1 aromatic carbocycles. The first kappa shape index (κ1) is 19.7. The van der Waals surface area contributed by atoms with Gasteiger partial charge in [-0.2, -0.15) is 0 Å². The number of ether oxygens (including phenoxy) is 1. The third-order valence-corrected chi connectivity index (χ3v) is 5.34. The zero-order chi connectivity index (χ0) is 21.3. The van der Waals surface area contributed by atoms with E-state index < -0.39 is 5.97 Å². The average Bonchev–Trinajstić information content (AvgIpc) is 3.35. The maximum absolute atomic E-state index is 12.6. The molecule has 0 aliphatic carbocycles. The Balaban J connectivity index is 1.42. The lowest BCUT2D eigenvalue weighted by Crippen LogP contribution is -2.20. The van der Waals surface area contributed by atoms with Gasteiger partial charge in [0.2, 0.25) is 5.91 Å². The maximum atomic E-state index is 12.6. The summed E-state index contributed by atoms with van der Waals surface area (Å²) < 4.78 is 12.6. The number of hydrogen-bond acceptors (Lipinski definition) is 5. The van der Waals surface area contributed by atoms with Crippen molar-refractivity contribution in [3.05, 3.63) is 76.5 Å². The summed E-state index contributed by atoms with van der Waals surface area (Å²) in [5.41, 5.74) is 4.18. The lowest BCUT2D eigenvalue weighted by Gasteiger charge is -2.17. The number of aryl methyl sites for hydroxylation is 2. The third kappa shape index (κ3) is 3.91. The van der Waals surface area contributed by atoms with Gasteiger partial charge in [0.25, 0.3) is 0 Å². The number of carbonyl (C=O) groups excluding carboxylic acids is 3. The van der Waals surface area contributed by atoms with E-state index in [0.29, 0.717) is 30.5 Å². The van der Waals surface area contributed by atoms with Gasteiger partial charge < -0.3 is 19.0 Å². The van der Waals surface area contributed by atoms with Gasteiger partial charge in [-0.1, -0.05) is 0 Å². The largest absolute Gasteiger partial charge is 0.467 e. The number of fused-ring (bicyclic) bond motifs is 1. The van der Waals surface area contributed by atoms with Crippen molar-refractivity contribution < 1.29 is 23.5 Å². The highest BCUT2D eigenvalue weighted by Crippen LogP contribution is 2.24. The van der Waals surface area contributed by atoms with E-state index in [1.807, 2.05) is 30.5 Å². The lowest BCUT2D eigenvalue weighted by atomic mass is 9.99. The zero-order valence-corrected chi connectivity index (χ0v) is 16.9. The number of nitrogens with one attached hydrogen (secondary N) is 1. The van der Waals surface area contributed by atoms with E-state index >= 15 is 0 Å². The van der Waals surface area contributed by atoms with Crippen molar-refractivity contribution in [2.75, 3.05) is 11.9 Å². The average molecular weight is 406 g/mol. The third-order valence-electron chi connectivity index (χ3n) is 5.34. The number of nitrogens with zero attached hydrogens (tertiary/aromatic N) is 1. The van der Waals surface area contributed by atoms with Crippen LogP contribution in [0, 0.1) is 13.8 Å². The number of hydrogen-bond donors (Lipinski definition) is 1. The Morgan fingerprint density at radius 2 is 2.00 bits per heavy atom. The minimum Gasteiger partial charge on any atom is -0.467 e. The molecule has 154 valence electrons. The van der Waals surface area contributed by atoms with E-state index in [9.17, 15) is 14.4 Å². The van der Waals surface area contributed by atoms with Crippen LogP contribution in [0.3, 0.4) is 0 Å². The van der Waals surface area contributed by atoms with Gasteiger partial charge in [-0.3, -0.25) is 9.59 Å². The van der Waals surface area contributed by atoms with Crippen molar-refractivity contribution in [3.8, 4) is 0 Å². The molecule has 1 N–H and O–H groups in total. The van der Waals surface area contributed by atoms with Crippen LogP contribution in [0.2, 0.25) is 0 Å². The van der Waals surface area contributed by atoms with Gasteiger partial charge >= 0.3 is 5.97 Å². The van der Waals surface area contributed by atoms with E-state index in [1.165, 1.54) is 0 Å². The molecule has 1 amide bonds. The zero-order valence-electron chi connectivity index (χ0n) is 16.9. The van der Waals surface area contributed by atoms with Crippen LogP contribution in [0.4, 0.5) is 5.69 Å². The van der Waals surface area contributed by atoms with E-state index in [0.717, 1.165) is 28.4 Å². The molecule has 0 saturated carbocycles. The molecular weight excluding hydrogens is 384 g/mol. The summed E-state index contributed by atoms with van der Waals surface area (Å²) in [5.74, 6) is -0.0598. The Morgan fingerprint density at radius 1 is 1.17 bits per heavy atom. The number of Topliss-reactive ketones (excluding diaryl/α,β-unsaturated/α-hetero) is 1. The SMILES string of the molecule is Cc1cc(C(=O)OCC(=O)c2ccc3c(c2)CCC(=O)N3)c(C)n1Cc1ccco1. The molecule has 7 nitrogen and oxygen atoms in total. The Bertz CT molecular complexity index is 1120. The van der Waals surface area contributed by atoms with Crippen LogP contribution < -0.4 is 5.32 Å². The molecule has 30 heavy (non-hydrogen) atoms. The summed E-state index contributed by atoms with van der Waals surface area (Å²) in [6.45, 7) is 3.92. The molecule has 2 aromatic heterocycles. The predicted molar refractivity (Wildman–Crippen MR) is 110 cm³/mol. The summed E-state index contributed by atoms with van der Waals surface area (Å²) in [6.07, 6.45) is 2.59. The predicted octanol–water partition coefficient (Wildman–Crippen LogP) is 3.67. The van der Waals surface area contributed by atoms with Gasteiger partial charge in [0, 0.05) is 29.1 Å². The van der Waals surface area contributed by atoms with Gasteiger partial charge in [0.15, 0.2) is 12.4 Å². The summed E-state index contributed by atoms with van der Waals surface area (Å²) in [6, 6.07) is 10.5. The Morgan fingerprint density at radius 3 is 2.77 bits per heavy atom. The van der Waals surface area contributed by atoms with Crippen LogP contribution in [0.5, 0.6) is 0 Å². The van der Waals surface area contributed by atoms with Crippen LogP contribution in [-0.4, -0.2) is 28.8 Å². The second kappa shape index (κ2) is 8.02. The Hall–Kier alpha value is -3.61. The number of benzene rings is 1. The molecule has 4 rings (SSSR count). The first-order valence-electron chi connectivity index (χ1n) is 9.74.